The zero-order chi connectivity index (χ0) is 9.15. The van der Waals surface area contributed by atoms with Crippen LogP contribution in [-0.4, -0.2) is 15.7 Å². The summed E-state index contributed by atoms with van der Waals surface area (Å²) in [6, 6.07) is 4.04. The van der Waals surface area contributed by atoms with E-state index in [9.17, 15) is 5.11 Å². The molecule has 0 saturated heterocycles. The largest absolute Gasteiger partial charge is 0.389 e. The van der Waals surface area contributed by atoms with Gasteiger partial charge >= 0.3 is 0 Å². The van der Waals surface area contributed by atoms with Crippen molar-refractivity contribution in [1.82, 2.24) is 4.98 Å². The van der Waals surface area contributed by atoms with Gasteiger partial charge in [-0.15, -0.1) is 0 Å². The molecule has 1 fully saturated rings. The van der Waals surface area contributed by atoms with Gasteiger partial charge in [-0.3, -0.25) is 0 Å². The molecule has 0 spiro atoms. The molecule has 2 N–H and O–H groups in total. The predicted molar refractivity (Wildman–Crippen MR) is 52.5 cm³/mol. The van der Waals surface area contributed by atoms with Gasteiger partial charge in [0.25, 0.3) is 0 Å². The van der Waals surface area contributed by atoms with Gasteiger partial charge in [-0.05, 0) is 25.0 Å². The summed E-state index contributed by atoms with van der Waals surface area (Å²) < 4.78 is 0. The van der Waals surface area contributed by atoms with E-state index in [0.29, 0.717) is 0 Å². The first-order valence-electron chi connectivity index (χ1n) is 5.13. The highest BCUT2D eigenvalue weighted by Crippen LogP contribution is 2.30. The third-order valence-electron chi connectivity index (χ3n) is 2.97. The Kier molecular flexibility index (Phi) is 2.40. The highest BCUT2D eigenvalue weighted by molar-refractivity contribution is 5.07. The number of hydrogen-bond acceptors (Lipinski definition) is 1. The van der Waals surface area contributed by atoms with Crippen LogP contribution in [-0.2, 0) is 6.42 Å². The summed E-state index contributed by atoms with van der Waals surface area (Å²) >= 11 is 0. The van der Waals surface area contributed by atoms with Gasteiger partial charge in [0.05, 0.1) is 5.60 Å². The Morgan fingerprint density at radius 1 is 1.31 bits per heavy atom. The van der Waals surface area contributed by atoms with E-state index in [0.717, 1.165) is 25.0 Å². The molecular formula is C11H17NO. The standard InChI is InChI=1S/C11H17NO/c13-11(6-2-1-3-7-11)9-10-5-4-8-12-10/h4-5,8,12-13H,1-3,6-7,9H2. The number of nitrogens with one attached hydrogen (secondary N) is 1. The minimum absolute atomic E-state index is 0.427. The molecule has 0 aromatic carbocycles. The van der Waals surface area contributed by atoms with Gasteiger partial charge in [0.1, 0.15) is 0 Å². The molecule has 0 amide bonds. The van der Waals surface area contributed by atoms with Crippen LogP contribution < -0.4 is 0 Å². The van der Waals surface area contributed by atoms with Crippen molar-refractivity contribution in [1.29, 1.82) is 0 Å². The second-order valence-corrected chi connectivity index (χ2v) is 4.16. The summed E-state index contributed by atoms with van der Waals surface area (Å²) in [5, 5.41) is 10.2. The normalized spacial score (nSPS) is 21.6. The van der Waals surface area contributed by atoms with Crippen LogP contribution in [0.4, 0.5) is 0 Å². The number of aromatic amines is 1. The summed E-state index contributed by atoms with van der Waals surface area (Å²) in [6.07, 6.45) is 8.28. The summed E-state index contributed by atoms with van der Waals surface area (Å²) in [5.74, 6) is 0. The van der Waals surface area contributed by atoms with E-state index in [1.807, 2.05) is 18.3 Å². The average molecular weight is 179 g/mol. The smallest absolute Gasteiger partial charge is 0.0702 e. The van der Waals surface area contributed by atoms with Crippen molar-refractivity contribution in [3.8, 4) is 0 Å². The first-order chi connectivity index (χ1) is 6.29. The van der Waals surface area contributed by atoms with Crippen molar-refractivity contribution in [2.24, 2.45) is 0 Å². The number of hydrogen-bond donors (Lipinski definition) is 2. The van der Waals surface area contributed by atoms with Crippen molar-refractivity contribution >= 4 is 0 Å². The van der Waals surface area contributed by atoms with Crippen molar-refractivity contribution in [2.45, 2.75) is 44.1 Å². The summed E-state index contributed by atoms with van der Waals surface area (Å²) in [6.45, 7) is 0. The van der Waals surface area contributed by atoms with Crippen LogP contribution in [0, 0.1) is 0 Å². The van der Waals surface area contributed by atoms with Crippen molar-refractivity contribution in [3.05, 3.63) is 24.0 Å². The Balaban J connectivity index is 1.99. The van der Waals surface area contributed by atoms with Gasteiger partial charge in [0, 0.05) is 18.3 Å². The fraction of sp³-hybridized carbons (Fsp3) is 0.636. The molecule has 1 aromatic heterocycles. The molecule has 1 aliphatic rings. The van der Waals surface area contributed by atoms with Gasteiger partial charge in [0.15, 0.2) is 0 Å². The SMILES string of the molecule is OC1(Cc2ccc[nH]2)CCCCC1. The first kappa shape index (κ1) is 8.82. The Morgan fingerprint density at radius 3 is 2.69 bits per heavy atom. The predicted octanol–water partition coefficient (Wildman–Crippen LogP) is 2.25. The Morgan fingerprint density at radius 2 is 2.08 bits per heavy atom. The average Bonchev–Trinajstić information content (AvgIpc) is 2.57. The van der Waals surface area contributed by atoms with Crippen LogP contribution in [0.3, 0.4) is 0 Å². The molecule has 0 atom stereocenters. The minimum atomic E-state index is -0.427. The van der Waals surface area contributed by atoms with Gasteiger partial charge in [-0.1, -0.05) is 19.3 Å². The Hall–Kier alpha value is -0.760. The molecule has 1 heterocycles. The quantitative estimate of drug-likeness (QED) is 0.717. The maximum absolute atomic E-state index is 10.2. The number of aliphatic hydroxyl groups is 1. The van der Waals surface area contributed by atoms with Crippen molar-refractivity contribution < 1.29 is 5.11 Å². The zero-order valence-electron chi connectivity index (χ0n) is 7.92. The lowest BCUT2D eigenvalue weighted by molar-refractivity contribution is 0.00377. The van der Waals surface area contributed by atoms with E-state index in [2.05, 4.69) is 4.98 Å². The van der Waals surface area contributed by atoms with E-state index in [4.69, 9.17) is 0 Å². The first-order valence-corrected chi connectivity index (χ1v) is 5.13. The maximum atomic E-state index is 10.2. The topological polar surface area (TPSA) is 36.0 Å². The van der Waals surface area contributed by atoms with Crippen molar-refractivity contribution in [3.63, 3.8) is 0 Å². The Labute approximate surface area is 79.0 Å². The third kappa shape index (κ3) is 2.13. The van der Waals surface area contributed by atoms with Crippen LogP contribution in [0.15, 0.2) is 18.3 Å². The van der Waals surface area contributed by atoms with Gasteiger partial charge in [-0.25, -0.2) is 0 Å². The Bertz CT molecular complexity index is 247. The van der Waals surface area contributed by atoms with E-state index < -0.39 is 5.60 Å². The van der Waals surface area contributed by atoms with Gasteiger partial charge < -0.3 is 10.1 Å². The minimum Gasteiger partial charge on any atom is -0.389 e. The fourth-order valence-electron chi connectivity index (χ4n) is 2.22. The van der Waals surface area contributed by atoms with E-state index >= 15 is 0 Å². The third-order valence-corrected chi connectivity index (χ3v) is 2.97. The second-order valence-electron chi connectivity index (χ2n) is 4.16. The molecule has 1 aliphatic carbocycles. The molecule has 1 saturated carbocycles. The van der Waals surface area contributed by atoms with E-state index in [1.54, 1.807) is 0 Å². The van der Waals surface area contributed by atoms with Crippen LogP contribution >= 0.6 is 0 Å². The molecule has 0 bridgehead atoms. The van der Waals surface area contributed by atoms with Gasteiger partial charge in [0.2, 0.25) is 0 Å². The highest BCUT2D eigenvalue weighted by Gasteiger charge is 2.29. The summed E-state index contributed by atoms with van der Waals surface area (Å²) in [4.78, 5) is 3.15. The molecule has 2 rings (SSSR count). The molecular weight excluding hydrogens is 162 g/mol. The summed E-state index contributed by atoms with van der Waals surface area (Å²) in [5.41, 5.74) is 0.729. The maximum Gasteiger partial charge on any atom is 0.0702 e. The molecule has 2 nitrogen and oxygen atoms in total. The molecule has 0 unspecified atom stereocenters. The number of H-pyrrole nitrogens is 1. The lowest BCUT2D eigenvalue weighted by Crippen LogP contribution is -2.33. The molecule has 2 heteroatoms. The lowest BCUT2D eigenvalue weighted by atomic mass is 9.82. The van der Waals surface area contributed by atoms with Crippen LogP contribution in [0.1, 0.15) is 37.8 Å². The molecule has 0 aliphatic heterocycles. The summed E-state index contributed by atoms with van der Waals surface area (Å²) in [7, 11) is 0. The fourth-order valence-corrected chi connectivity index (χ4v) is 2.22. The number of aromatic nitrogens is 1. The lowest BCUT2D eigenvalue weighted by Gasteiger charge is -2.31. The number of rotatable bonds is 2. The van der Waals surface area contributed by atoms with Crippen LogP contribution in [0.25, 0.3) is 0 Å². The van der Waals surface area contributed by atoms with Gasteiger partial charge in [-0.2, -0.15) is 0 Å². The van der Waals surface area contributed by atoms with Crippen molar-refractivity contribution in [2.75, 3.05) is 0 Å². The highest BCUT2D eigenvalue weighted by atomic mass is 16.3. The van der Waals surface area contributed by atoms with E-state index in [1.165, 1.54) is 19.3 Å². The van der Waals surface area contributed by atoms with Crippen LogP contribution in [0.2, 0.25) is 0 Å². The van der Waals surface area contributed by atoms with E-state index in [-0.39, 0.29) is 0 Å². The molecule has 1 aromatic rings. The molecule has 0 radical (unpaired) electrons. The second kappa shape index (κ2) is 3.54. The zero-order valence-corrected chi connectivity index (χ0v) is 7.92. The molecule has 13 heavy (non-hydrogen) atoms. The van der Waals surface area contributed by atoms with Crippen LogP contribution in [0.5, 0.6) is 0 Å². The molecule has 72 valence electrons. The monoisotopic (exact) mass is 179 g/mol.